The Morgan fingerprint density at radius 1 is 1.37 bits per heavy atom. The number of Topliss-reactive ketones (excluding diaryl/α,β-unsaturated/α-hetero) is 1. The van der Waals surface area contributed by atoms with Crippen molar-refractivity contribution in [3.63, 3.8) is 0 Å². The number of carbonyl (C=O) groups excluding carboxylic acids is 1. The van der Waals surface area contributed by atoms with Crippen molar-refractivity contribution in [2.45, 2.75) is 13.0 Å². The van der Waals surface area contributed by atoms with Crippen LogP contribution in [0.1, 0.15) is 16.1 Å². The van der Waals surface area contributed by atoms with Gasteiger partial charge in [-0.15, -0.1) is 0 Å². The van der Waals surface area contributed by atoms with Gasteiger partial charge in [0.25, 0.3) is 0 Å². The summed E-state index contributed by atoms with van der Waals surface area (Å²) in [5.74, 6) is -0.0833. The first-order valence-electron chi connectivity index (χ1n) is 5.79. The summed E-state index contributed by atoms with van der Waals surface area (Å²) >= 11 is 11.8. The molecule has 1 aromatic carbocycles. The maximum absolute atomic E-state index is 12.1. The Bertz CT molecular complexity index is 595. The van der Waals surface area contributed by atoms with E-state index >= 15 is 0 Å². The summed E-state index contributed by atoms with van der Waals surface area (Å²) in [6.45, 7) is 1.15. The Morgan fingerprint density at radius 3 is 2.84 bits per heavy atom. The average Bonchev–Trinajstić information content (AvgIpc) is 2.82. The van der Waals surface area contributed by atoms with E-state index in [0.29, 0.717) is 28.8 Å². The SMILES string of the molecule is NCCn1cnc(C(=O)Cc2ccc(Cl)cc2Cl)c1. The van der Waals surface area contributed by atoms with E-state index in [1.165, 1.54) is 0 Å². The van der Waals surface area contributed by atoms with Crippen LogP contribution in [0, 0.1) is 0 Å². The number of nitrogens with two attached hydrogens (primary N) is 1. The fourth-order valence-electron chi connectivity index (χ4n) is 1.70. The monoisotopic (exact) mass is 297 g/mol. The lowest BCUT2D eigenvalue weighted by molar-refractivity contribution is 0.0988. The van der Waals surface area contributed by atoms with Crippen LogP contribution in [-0.2, 0) is 13.0 Å². The Morgan fingerprint density at radius 2 is 2.16 bits per heavy atom. The molecule has 0 aliphatic heterocycles. The molecule has 0 aliphatic rings. The minimum absolute atomic E-state index is 0.0833. The van der Waals surface area contributed by atoms with E-state index in [4.69, 9.17) is 28.9 Å². The Hall–Kier alpha value is -1.36. The van der Waals surface area contributed by atoms with Gasteiger partial charge in [-0.3, -0.25) is 4.79 Å². The van der Waals surface area contributed by atoms with E-state index in [1.807, 2.05) is 0 Å². The van der Waals surface area contributed by atoms with Gasteiger partial charge in [0.05, 0.1) is 6.33 Å². The standard InChI is InChI=1S/C13H13Cl2N3O/c14-10-2-1-9(11(15)6-10)5-13(19)12-7-18(4-3-16)8-17-12/h1-2,6-8H,3-5,16H2. The molecule has 0 radical (unpaired) electrons. The number of benzene rings is 1. The van der Waals surface area contributed by atoms with Gasteiger partial charge >= 0.3 is 0 Å². The van der Waals surface area contributed by atoms with Crippen LogP contribution < -0.4 is 5.73 Å². The van der Waals surface area contributed by atoms with Crippen molar-refractivity contribution < 1.29 is 4.79 Å². The average molecular weight is 298 g/mol. The third-order valence-electron chi connectivity index (χ3n) is 2.67. The van der Waals surface area contributed by atoms with Gasteiger partial charge in [-0.2, -0.15) is 0 Å². The van der Waals surface area contributed by atoms with Crippen molar-refractivity contribution in [1.29, 1.82) is 0 Å². The number of carbonyl (C=O) groups is 1. The van der Waals surface area contributed by atoms with Gasteiger partial charge in [0, 0.05) is 35.8 Å². The number of hydrogen-bond acceptors (Lipinski definition) is 3. The highest BCUT2D eigenvalue weighted by molar-refractivity contribution is 6.35. The highest BCUT2D eigenvalue weighted by Gasteiger charge is 2.12. The molecule has 19 heavy (non-hydrogen) atoms. The quantitative estimate of drug-likeness (QED) is 0.863. The molecule has 2 aromatic rings. The van der Waals surface area contributed by atoms with Crippen LogP contribution >= 0.6 is 23.2 Å². The van der Waals surface area contributed by atoms with Gasteiger partial charge in [-0.25, -0.2) is 4.98 Å². The molecule has 4 nitrogen and oxygen atoms in total. The number of hydrogen-bond donors (Lipinski definition) is 1. The molecule has 0 saturated carbocycles. The van der Waals surface area contributed by atoms with Crippen LogP contribution in [0.4, 0.5) is 0 Å². The second kappa shape index (κ2) is 6.19. The molecule has 1 aromatic heterocycles. The number of nitrogens with zero attached hydrogens (tertiary/aromatic N) is 2. The van der Waals surface area contributed by atoms with Crippen LogP contribution in [0.15, 0.2) is 30.7 Å². The maximum atomic E-state index is 12.1. The Balaban J connectivity index is 2.11. The molecule has 100 valence electrons. The smallest absolute Gasteiger partial charge is 0.187 e. The van der Waals surface area contributed by atoms with E-state index in [9.17, 15) is 4.79 Å². The fraction of sp³-hybridized carbons (Fsp3) is 0.231. The number of imidazole rings is 1. The summed E-state index contributed by atoms with van der Waals surface area (Å²) in [5, 5.41) is 1.04. The van der Waals surface area contributed by atoms with E-state index in [0.717, 1.165) is 5.56 Å². The van der Waals surface area contributed by atoms with Crippen molar-refractivity contribution in [2.24, 2.45) is 5.73 Å². The first-order valence-corrected chi connectivity index (χ1v) is 6.54. The second-order valence-corrected chi connectivity index (χ2v) is 4.96. The van der Waals surface area contributed by atoms with Crippen molar-refractivity contribution in [2.75, 3.05) is 6.54 Å². The summed E-state index contributed by atoms with van der Waals surface area (Å²) in [6.07, 6.45) is 3.50. The summed E-state index contributed by atoms with van der Waals surface area (Å²) in [4.78, 5) is 16.1. The third-order valence-corrected chi connectivity index (χ3v) is 3.26. The van der Waals surface area contributed by atoms with Crippen LogP contribution in [0.25, 0.3) is 0 Å². The molecule has 0 saturated heterocycles. The fourth-order valence-corrected chi connectivity index (χ4v) is 2.18. The first-order chi connectivity index (χ1) is 9.10. The minimum atomic E-state index is -0.0833. The number of aromatic nitrogens is 2. The zero-order valence-corrected chi connectivity index (χ0v) is 11.7. The third kappa shape index (κ3) is 3.56. The van der Waals surface area contributed by atoms with Crippen LogP contribution in [-0.4, -0.2) is 21.9 Å². The first kappa shape index (κ1) is 14.1. The maximum Gasteiger partial charge on any atom is 0.187 e. The molecular formula is C13H13Cl2N3O. The minimum Gasteiger partial charge on any atom is -0.335 e. The number of rotatable bonds is 5. The van der Waals surface area contributed by atoms with Crippen LogP contribution in [0.5, 0.6) is 0 Å². The van der Waals surface area contributed by atoms with E-state index in [1.54, 1.807) is 35.3 Å². The molecule has 6 heteroatoms. The highest BCUT2D eigenvalue weighted by Crippen LogP contribution is 2.22. The lowest BCUT2D eigenvalue weighted by Crippen LogP contribution is -2.08. The molecule has 1 heterocycles. The predicted molar refractivity (Wildman–Crippen MR) is 75.8 cm³/mol. The molecule has 0 bridgehead atoms. The topological polar surface area (TPSA) is 60.9 Å². The van der Waals surface area contributed by atoms with Crippen molar-refractivity contribution in [3.8, 4) is 0 Å². The zero-order valence-electron chi connectivity index (χ0n) is 10.1. The molecule has 0 unspecified atom stereocenters. The van der Waals surface area contributed by atoms with E-state index in [-0.39, 0.29) is 12.2 Å². The lowest BCUT2D eigenvalue weighted by atomic mass is 10.1. The van der Waals surface area contributed by atoms with Gasteiger partial charge < -0.3 is 10.3 Å². The van der Waals surface area contributed by atoms with Crippen LogP contribution in [0.2, 0.25) is 10.0 Å². The van der Waals surface area contributed by atoms with Gasteiger partial charge in [0.15, 0.2) is 5.78 Å². The summed E-state index contributed by atoms with van der Waals surface area (Å²) in [5.41, 5.74) is 6.60. The predicted octanol–water partition coefficient (Wildman–Crippen LogP) is 2.57. The van der Waals surface area contributed by atoms with Gasteiger partial charge in [0.1, 0.15) is 5.69 Å². The Labute approximate surface area is 121 Å². The second-order valence-electron chi connectivity index (χ2n) is 4.12. The number of ketones is 1. The lowest BCUT2D eigenvalue weighted by Gasteiger charge is -2.02. The van der Waals surface area contributed by atoms with Gasteiger partial charge in [0.2, 0.25) is 0 Å². The number of halogens is 2. The molecule has 0 atom stereocenters. The summed E-state index contributed by atoms with van der Waals surface area (Å²) in [7, 11) is 0. The molecule has 0 aliphatic carbocycles. The van der Waals surface area contributed by atoms with Gasteiger partial charge in [-0.05, 0) is 17.7 Å². The molecule has 0 spiro atoms. The zero-order chi connectivity index (χ0) is 13.8. The van der Waals surface area contributed by atoms with Gasteiger partial charge in [-0.1, -0.05) is 29.3 Å². The van der Waals surface area contributed by atoms with E-state index < -0.39 is 0 Å². The molecule has 2 N–H and O–H groups in total. The molecule has 2 rings (SSSR count). The highest BCUT2D eigenvalue weighted by atomic mass is 35.5. The summed E-state index contributed by atoms with van der Waals surface area (Å²) < 4.78 is 1.79. The molecule has 0 fully saturated rings. The van der Waals surface area contributed by atoms with Crippen molar-refractivity contribution in [1.82, 2.24) is 9.55 Å². The molecular weight excluding hydrogens is 285 g/mol. The Kier molecular flexibility index (Phi) is 4.58. The van der Waals surface area contributed by atoms with Crippen molar-refractivity contribution >= 4 is 29.0 Å². The molecule has 0 amide bonds. The largest absolute Gasteiger partial charge is 0.335 e. The summed E-state index contributed by atoms with van der Waals surface area (Å²) in [6, 6.07) is 5.08. The van der Waals surface area contributed by atoms with E-state index in [2.05, 4.69) is 4.98 Å². The van der Waals surface area contributed by atoms with Crippen molar-refractivity contribution in [3.05, 3.63) is 52.0 Å². The van der Waals surface area contributed by atoms with Crippen LogP contribution in [0.3, 0.4) is 0 Å². The normalized spacial score (nSPS) is 10.7.